The summed E-state index contributed by atoms with van der Waals surface area (Å²) in [6.07, 6.45) is 13.1. The summed E-state index contributed by atoms with van der Waals surface area (Å²) in [5, 5.41) is 10.2. The van der Waals surface area contributed by atoms with Crippen LogP contribution in [0.1, 0.15) is 78.6 Å². The van der Waals surface area contributed by atoms with Crippen LogP contribution in [0.15, 0.2) is 12.7 Å². The Hall–Kier alpha value is 0.499. The number of hydrogen-bond donors (Lipinski definition) is 1. The zero-order valence-electron chi connectivity index (χ0n) is 15.0. The molecule has 0 rings (SSSR count). The Morgan fingerprint density at radius 1 is 0.857 bits per heavy atom. The topological polar surface area (TPSA) is 20.2 Å². The van der Waals surface area contributed by atoms with Gasteiger partial charge in [0.2, 0.25) is 0 Å². The van der Waals surface area contributed by atoms with Gasteiger partial charge in [0.15, 0.2) is 0 Å². The van der Waals surface area contributed by atoms with Gasteiger partial charge in [0.25, 0.3) is 0 Å². The molecule has 1 nitrogen and oxygen atoms in total. The molecule has 0 saturated carbocycles. The maximum atomic E-state index is 10.2. The first-order valence-corrected chi connectivity index (χ1v) is 17.5. The first kappa shape index (κ1) is 21.5. The molecule has 1 unspecified atom stereocenters. The Labute approximate surface area is 138 Å². The molecule has 0 saturated heterocycles. The molecule has 1 atom stereocenters. The van der Waals surface area contributed by atoms with Gasteiger partial charge in [-0.2, -0.15) is 0 Å². The van der Waals surface area contributed by atoms with E-state index in [0.29, 0.717) is 0 Å². The normalized spacial score (nSPS) is 13.3. The van der Waals surface area contributed by atoms with E-state index in [9.17, 15) is 5.11 Å². The molecule has 0 aromatic heterocycles. The molecule has 0 aliphatic carbocycles. The average molecular weight is 403 g/mol. The van der Waals surface area contributed by atoms with Crippen molar-refractivity contribution in [3.8, 4) is 0 Å². The Bertz CT molecular complexity index is 218. The summed E-state index contributed by atoms with van der Waals surface area (Å²) < 4.78 is 6.13. The van der Waals surface area contributed by atoms with Crippen LogP contribution in [0.5, 0.6) is 0 Å². The van der Waals surface area contributed by atoms with E-state index in [1.807, 2.05) is 6.08 Å². The van der Waals surface area contributed by atoms with Crippen molar-refractivity contribution in [3.63, 3.8) is 0 Å². The van der Waals surface area contributed by atoms with Crippen molar-refractivity contribution in [2.24, 2.45) is 0 Å². The number of aliphatic hydroxyl groups is 1. The minimum atomic E-state index is -1.99. The second-order valence-corrected chi connectivity index (χ2v) is 21.1. The van der Waals surface area contributed by atoms with Gasteiger partial charge in [0.1, 0.15) is 0 Å². The van der Waals surface area contributed by atoms with E-state index in [1.165, 1.54) is 43.0 Å². The number of rotatable bonds is 15. The van der Waals surface area contributed by atoms with Gasteiger partial charge in [-0.3, -0.25) is 0 Å². The standard InChI is InChI=1S/C7H13O.3C4H9.Sn/c1-3-5-6-7(8)4-2;3*1-3-4-2;/h3,7-8H,1-2,4-6H2;3*1,3-4H2,2H3;. The van der Waals surface area contributed by atoms with Crippen LogP contribution >= 0.6 is 0 Å². The van der Waals surface area contributed by atoms with Crippen molar-refractivity contribution in [3.05, 3.63) is 12.7 Å². The second kappa shape index (κ2) is 14.1. The Kier molecular flexibility index (Phi) is 14.4. The molecule has 2 heteroatoms. The summed E-state index contributed by atoms with van der Waals surface area (Å²) >= 11 is -1.99. The molecule has 0 aliphatic rings. The molecule has 0 aromatic rings. The zero-order chi connectivity index (χ0) is 16.0. The number of allylic oxidation sites excluding steroid dienone is 1. The molecular weight excluding hydrogens is 363 g/mol. The Morgan fingerprint density at radius 3 is 1.71 bits per heavy atom. The first-order chi connectivity index (χ1) is 10.1. The molecule has 0 spiro atoms. The summed E-state index contributed by atoms with van der Waals surface area (Å²) in [6.45, 7) is 10.8. The van der Waals surface area contributed by atoms with E-state index in [-0.39, 0.29) is 6.10 Å². The predicted octanol–water partition coefficient (Wildman–Crippen LogP) is 6.55. The Balaban J connectivity index is 4.57. The third-order valence-electron chi connectivity index (χ3n) is 4.89. The van der Waals surface area contributed by atoms with Gasteiger partial charge >= 0.3 is 139 Å². The van der Waals surface area contributed by atoms with Crippen molar-refractivity contribution >= 4 is 18.4 Å². The van der Waals surface area contributed by atoms with Crippen molar-refractivity contribution in [1.82, 2.24) is 0 Å². The number of hydrogen-bond acceptors (Lipinski definition) is 1. The van der Waals surface area contributed by atoms with Gasteiger partial charge in [-0.1, -0.05) is 0 Å². The monoisotopic (exact) mass is 404 g/mol. The second-order valence-electron chi connectivity index (χ2n) is 6.87. The molecule has 0 radical (unpaired) electrons. The molecular formula is C19H40OSn. The summed E-state index contributed by atoms with van der Waals surface area (Å²) in [7, 11) is 0. The van der Waals surface area contributed by atoms with Crippen molar-refractivity contribution in [2.45, 2.75) is 102 Å². The Morgan fingerprint density at radius 2 is 1.33 bits per heavy atom. The SMILES string of the molecule is C=CCCC(O)C[CH2][Sn]([CH2]CCC)([CH2]CCC)[CH2]CCC. The molecule has 0 aromatic carbocycles. The van der Waals surface area contributed by atoms with Crippen LogP contribution in [0, 0.1) is 0 Å². The molecule has 1 N–H and O–H groups in total. The zero-order valence-corrected chi connectivity index (χ0v) is 17.9. The summed E-state index contributed by atoms with van der Waals surface area (Å²) in [5.74, 6) is 0. The molecule has 0 aliphatic heterocycles. The van der Waals surface area contributed by atoms with Gasteiger partial charge in [0, 0.05) is 0 Å². The van der Waals surface area contributed by atoms with Gasteiger partial charge in [-0.25, -0.2) is 0 Å². The minimum absolute atomic E-state index is 0.0797. The molecule has 0 heterocycles. The predicted molar refractivity (Wildman–Crippen MR) is 99.8 cm³/mol. The fourth-order valence-electron chi connectivity index (χ4n) is 3.33. The van der Waals surface area contributed by atoms with Crippen LogP contribution in [-0.2, 0) is 0 Å². The van der Waals surface area contributed by atoms with E-state index >= 15 is 0 Å². The number of unbranched alkanes of at least 4 members (excludes halogenated alkanes) is 3. The third-order valence-corrected chi connectivity index (χ3v) is 20.9. The van der Waals surface area contributed by atoms with Crippen LogP contribution < -0.4 is 0 Å². The fraction of sp³-hybridized carbons (Fsp3) is 0.895. The maximum absolute atomic E-state index is 10.2. The van der Waals surface area contributed by atoms with Crippen molar-refractivity contribution < 1.29 is 5.11 Å². The summed E-state index contributed by atoms with van der Waals surface area (Å²) in [6, 6.07) is 0. The van der Waals surface area contributed by atoms with E-state index in [0.717, 1.165) is 19.3 Å². The van der Waals surface area contributed by atoms with E-state index < -0.39 is 18.4 Å². The number of aliphatic hydroxyl groups excluding tert-OH is 1. The van der Waals surface area contributed by atoms with Gasteiger partial charge in [-0.15, -0.1) is 0 Å². The van der Waals surface area contributed by atoms with Crippen LogP contribution in [-0.4, -0.2) is 29.6 Å². The molecule has 21 heavy (non-hydrogen) atoms. The average Bonchev–Trinajstić information content (AvgIpc) is 2.51. The van der Waals surface area contributed by atoms with Crippen molar-refractivity contribution in [2.75, 3.05) is 0 Å². The van der Waals surface area contributed by atoms with E-state index in [4.69, 9.17) is 0 Å². The first-order valence-electron chi connectivity index (χ1n) is 9.43. The van der Waals surface area contributed by atoms with Crippen LogP contribution in [0.3, 0.4) is 0 Å². The van der Waals surface area contributed by atoms with Crippen LogP contribution in [0.2, 0.25) is 17.7 Å². The summed E-state index contributed by atoms with van der Waals surface area (Å²) in [5.41, 5.74) is 0. The van der Waals surface area contributed by atoms with Gasteiger partial charge < -0.3 is 0 Å². The van der Waals surface area contributed by atoms with Crippen molar-refractivity contribution in [1.29, 1.82) is 0 Å². The fourth-order valence-corrected chi connectivity index (χ4v) is 19.8. The van der Waals surface area contributed by atoms with Gasteiger partial charge in [0.05, 0.1) is 0 Å². The van der Waals surface area contributed by atoms with Gasteiger partial charge in [-0.05, 0) is 0 Å². The van der Waals surface area contributed by atoms with E-state index in [2.05, 4.69) is 27.4 Å². The molecule has 126 valence electrons. The quantitative estimate of drug-likeness (QED) is 0.243. The van der Waals surface area contributed by atoms with E-state index in [1.54, 1.807) is 13.3 Å². The third kappa shape index (κ3) is 10.8. The van der Waals surface area contributed by atoms with Crippen LogP contribution in [0.4, 0.5) is 0 Å². The molecule has 0 bridgehead atoms. The summed E-state index contributed by atoms with van der Waals surface area (Å²) in [4.78, 5) is 0. The van der Waals surface area contributed by atoms with Crippen LogP contribution in [0.25, 0.3) is 0 Å². The molecule has 0 fully saturated rings. The molecule has 0 amide bonds.